The van der Waals surface area contributed by atoms with E-state index in [2.05, 4.69) is 4.98 Å². The molecular formula is C23H34N4O5. The Bertz CT molecular complexity index is 1040. The summed E-state index contributed by atoms with van der Waals surface area (Å²) >= 11 is 0. The molecular weight excluding hydrogens is 412 g/mol. The van der Waals surface area contributed by atoms with Gasteiger partial charge < -0.3 is 20.1 Å². The summed E-state index contributed by atoms with van der Waals surface area (Å²) in [5, 5.41) is 0. The Labute approximate surface area is 188 Å². The van der Waals surface area contributed by atoms with Crippen LogP contribution in [0.2, 0.25) is 0 Å². The molecule has 2 aromatic rings. The van der Waals surface area contributed by atoms with Gasteiger partial charge in [-0.25, -0.2) is 4.79 Å². The van der Waals surface area contributed by atoms with Gasteiger partial charge in [0.1, 0.15) is 5.82 Å². The van der Waals surface area contributed by atoms with E-state index in [9.17, 15) is 14.4 Å². The van der Waals surface area contributed by atoms with E-state index in [0.717, 1.165) is 12.0 Å². The van der Waals surface area contributed by atoms with Crippen LogP contribution in [0.5, 0.6) is 11.5 Å². The number of amides is 1. The summed E-state index contributed by atoms with van der Waals surface area (Å²) in [4.78, 5) is 41.9. The molecule has 2 rings (SSSR count). The highest BCUT2D eigenvalue weighted by Gasteiger charge is 2.24. The van der Waals surface area contributed by atoms with Crippen LogP contribution < -0.4 is 31.4 Å². The number of aromatic nitrogens is 2. The third kappa shape index (κ3) is 5.93. The number of rotatable bonds is 11. The first kappa shape index (κ1) is 25.0. The topological polar surface area (TPSA) is 120 Å². The largest absolute Gasteiger partial charge is 0.493 e. The smallest absolute Gasteiger partial charge is 0.330 e. The summed E-state index contributed by atoms with van der Waals surface area (Å²) in [5.74, 6) is 1.11. The van der Waals surface area contributed by atoms with E-state index in [4.69, 9.17) is 15.2 Å². The molecule has 0 aliphatic heterocycles. The van der Waals surface area contributed by atoms with Gasteiger partial charge in [0.25, 0.3) is 5.56 Å². The average molecular weight is 447 g/mol. The van der Waals surface area contributed by atoms with Gasteiger partial charge in [-0.05, 0) is 36.5 Å². The number of unbranched alkanes of at least 4 members (excludes halogenated alkanes) is 1. The number of hydrogen-bond donors (Lipinski definition) is 2. The highest BCUT2D eigenvalue weighted by atomic mass is 16.5. The number of aryl methyl sites for hydroxylation is 1. The molecule has 0 atom stereocenters. The average Bonchev–Trinajstić information content (AvgIpc) is 2.76. The van der Waals surface area contributed by atoms with Crippen LogP contribution in [0.4, 0.5) is 11.5 Å². The fourth-order valence-corrected chi connectivity index (χ4v) is 3.48. The lowest BCUT2D eigenvalue weighted by atomic mass is 10.1. The number of nitrogen functional groups attached to an aromatic ring is 1. The van der Waals surface area contributed by atoms with E-state index in [1.54, 1.807) is 20.3 Å². The highest BCUT2D eigenvalue weighted by Crippen LogP contribution is 2.28. The molecule has 1 amide bonds. The molecule has 9 nitrogen and oxygen atoms in total. The summed E-state index contributed by atoms with van der Waals surface area (Å²) in [6.07, 6.45) is 2.15. The first-order valence-electron chi connectivity index (χ1n) is 10.9. The van der Waals surface area contributed by atoms with Crippen LogP contribution in [0.15, 0.2) is 27.8 Å². The highest BCUT2D eigenvalue weighted by molar-refractivity contribution is 5.95. The maximum absolute atomic E-state index is 13.2. The van der Waals surface area contributed by atoms with Crippen molar-refractivity contribution in [3.8, 4) is 11.5 Å². The van der Waals surface area contributed by atoms with Crippen LogP contribution in [0.25, 0.3) is 0 Å². The maximum Gasteiger partial charge on any atom is 0.330 e. The standard InChI is InChI=1S/C23H34N4O5/c1-6-7-12-26(20-21(24)27(14-15(2)3)23(30)25-22(20)29)19(28)11-9-16-8-10-17(31-4)18(13-16)32-5/h8,10,13,15H,6-7,9,11-12,14,24H2,1-5H3,(H,25,29,30). The number of benzene rings is 1. The third-order valence-corrected chi connectivity index (χ3v) is 5.14. The Morgan fingerprint density at radius 2 is 1.88 bits per heavy atom. The Balaban J connectivity index is 2.35. The zero-order valence-electron chi connectivity index (χ0n) is 19.6. The van der Waals surface area contributed by atoms with E-state index >= 15 is 0 Å². The van der Waals surface area contributed by atoms with E-state index in [-0.39, 0.29) is 29.8 Å². The summed E-state index contributed by atoms with van der Waals surface area (Å²) in [7, 11) is 3.12. The molecule has 9 heteroatoms. The molecule has 32 heavy (non-hydrogen) atoms. The Hall–Kier alpha value is -3.23. The fraction of sp³-hybridized carbons (Fsp3) is 0.522. The maximum atomic E-state index is 13.2. The third-order valence-electron chi connectivity index (χ3n) is 5.14. The first-order chi connectivity index (χ1) is 15.2. The van der Waals surface area contributed by atoms with Gasteiger partial charge in [0, 0.05) is 19.5 Å². The molecule has 0 bridgehead atoms. The first-order valence-corrected chi connectivity index (χ1v) is 10.9. The number of H-pyrrole nitrogens is 1. The second kappa shape index (κ2) is 11.4. The summed E-state index contributed by atoms with van der Waals surface area (Å²) in [6, 6.07) is 5.49. The second-order valence-electron chi connectivity index (χ2n) is 8.09. The molecule has 3 N–H and O–H groups in total. The monoisotopic (exact) mass is 446 g/mol. The van der Waals surface area contributed by atoms with Crippen LogP contribution in [0.1, 0.15) is 45.6 Å². The summed E-state index contributed by atoms with van der Waals surface area (Å²) in [6.45, 7) is 6.57. The molecule has 1 aromatic carbocycles. The predicted octanol–water partition coefficient (Wildman–Crippen LogP) is 2.56. The van der Waals surface area contributed by atoms with Crippen molar-refractivity contribution in [2.24, 2.45) is 5.92 Å². The van der Waals surface area contributed by atoms with Crippen molar-refractivity contribution < 1.29 is 14.3 Å². The molecule has 0 aliphatic rings. The summed E-state index contributed by atoms with van der Waals surface area (Å²) < 4.78 is 11.9. The molecule has 0 saturated carbocycles. The normalized spacial score (nSPS) is 10.9. The van der Waals surface area contributed by atoms with Crippen LogP contribution in [-0.2, 0) is 17.8 Å². The lowest BCUT2D eigenvalue weighted by molar-refractivity contribution is -0.118. The quantitative estimate of drug-likeness (QED) is 0.547. The zero-order valence-corrected chi connectivity index (χ0v) is 19.6. The molecule has 0 spiro atoms. The number of aromatic amines is 1. The minimum Gasteiger partial charge on any atom is -0.493 e. The van der Waals surface area contributed by atoms with Gasteiger partial charge in [0.05, 0.1) is 14.2 Å². The van der Waals surface area contributed by atoms with Crippen molar-refractivity contribution in [1.29, 1.82) is 0 Å². The van der Waals surface area contributed by atoms with Crippen molar-refractivity contribution in [3.05, 3.63) is 44.6 Å². The van der Waals surface area contributed by atoms with Crippen molar-refractivity contribution in [2.45, 2.75) is 53.0 Å². The number of carbonyl (C=O) groups excluding carboxylic acids is 1. The number of carbonyl (C=O) groups is 1. The number of anilines is 2. The Morgan fingerprint density at radius 1 is 1.19 bits per heavy atom. The van der Waals surface area contributed by atoms with E-state index in [0.29, 0.717) is 37.4 Å². The number of hydrogen-bond acceptors (Lipinski definition) is 6. The fourth-order valence-electron chi connectivity index (χ4n) is 3.48. The van der Waals surface area contributed by atoms with E-state index < -0.39 is 11.2 Å². The van der Waals surface area contributed by atoms with Gasteiger partial charge >= 0.3 is 5.69 Å². The van der Waals surface area contributed by atoms with Crippen molar-refractivity contribution in [3.63, 3.8) is 0 Å². The van der Waals surface area contributed by atoms with Crippen molar-refractivity contribution in [2.75, 3.05) is 31.4 Å². The van der Waals surface area contributed by atoms with Gasteiger partial charge in [-0.15, -0.1) is 0 Å². The van der Waals surface area contributed by atoms with Crippen molar-refractivity contribution >= 4 is 17.4 Å². The Morgan fingerprint density at radius 3 is 2.47 bits per heavy atom. The molecule has 0 unspecified atom stereocenters. The van der Waals surface area contributed by atoms with Crippen LogP contribution in [-0.4, -0.2) is 36.2 Å². The van der Waals surface area contributed by atoms with Crippen LogP contribution in [0, 0.1) is 5.92 Å². The van der Waals surface area contributed by atoms with E-state index in [1.165, 1.54) is 9.47 Å². The minimum atomic E-state index is -0.650. The number of methoxy groups -OCH3 is 2. The van der Waals surface area contributed by atoms with E-state index in [1.807, 2.05) is 32.9 Å². The molecule has 0 aliphatic carbocycles. The molecule has 1 aromatic heterocycles. The molecule has 0 fully saturated rings. The Kier molecular flexibility index (Phi) is 8.92. The van der Waals surface area contributed by atoms with Gasteiger partial charge in [0.2, 0.25) is 5.91 Å². The number of nitrogens with zero attached hydrogens (tertiary/aromatic N) is 2. The van der Waals surface area contributed by atoms with Gasteiger partial charge in [-0.2, -0.15) is 0 Å². The lowest BCUT2D eigenvalue weighted by Crippen LogP contribution is -2.42. The number of ether oxygens (including phenoxy) is 2. The van der Waals surface area contributed by atoms with Crippen molar-refractivity contribution in [1.82, 2.24) is 9.55 Å². The second-order valence-corrected chi connectivity index (χ2v) is 8.09. The summed E-state index contributed by atoms with van der Waals surface area (Å²) in [5.41, 5.74) is 5.96. The molecule has 1 heterocycles. The SMILES string of the molecule is CCCCN(C(=O)CCc1ccc(OC)c(OC)c1)c1c(N)n(CC(C)C)c(=O)[nH]c1=O. The molecule has 0 radical (unpaired) electrons. The van der Waals surface area contributed by atoms with Gasteiger partial charge in [0.15, 0.2) is 17.2 Å². The minimum absolute atomic E-state index is 0.0167. The van der Waals surface area contributed by atoms with Gasteiger partial charge in [-0.3, -0.25) is 19.1 Å². The number of nitrogens with two attached hydrogens (primary N) is 1. The lowest BCUT2D eigenvalue weighted by Gasteiger charge is -2.25. The number of nitrogens with one attached hydrogen (secondary N) is 1. The van der Waals surface area contributed by atoms with Crippen LogP contribution in [0.3, 0.4) is 0 Å². The van der Waals surface area contributed by atoms with Crippen LogP contribution >= 0.6 is 0 Å². The zero-order chi connectivity index (χ0) is 23.8. The molecule has 176 valence electrons. The predicted molar refractivity (Wildman–Crippen MR) is 126 cm³/mol. The van der Waals surface area contributed by atoms with Gasteiger partial charge in [-0.1, -0.05) is 33.3 Å². The molecule has 0 saturated heterocycles.